The molecule has 0 N–H and O–H groups in total. The van der Waals surface area contributed by atoms with Gasteiger partial charge in [0.15, 0.2) is 11.5 Å². The summed E-state index contributed by atoms with van der Waals surface area (Å²) in [6, 6.07) is 14.2. The number of methoxy groups -OCH3 is 1. The number of amides is 1. The van der Waals surface area contributed by atoms with Crippen molar-refractivity contribution in [2.24, 2.45) is 0 Å². The Hall–Kier alpha value is -2.69. The first-order chi connectivity index (χ1) is 14.1. The van der Waals surface area contributed by atoms with Gasteiger partial charge in [-0.3, -0.25) is 4.79 Å². The summed E-state index contributed by atoms with van der Waals surface area (Å²) in [5, 5.41) is 0. The van der Waals surface area contributed by atoms with E-state index in [9.17, 15) is 4.79 Å². The number of piperidine rings is 1. The second-order valence-electron chi connectivity index (χ2n) is 8.36. The summed E-state index contributed by atoms with van der Waals surface area (Å²) in [7, 11) is 1.72. The highest BCUT2D eigenvalue weighted by molar-refractivity contribution is 5.82. The molecule has 1 saturated heterocycles. The van der Waals surface area contributed by atoms with Crippen LogP contribution in [0.15, 0.2) is 42.5 Å². The number of rotatable bonds is 3. The van der Waals surface area contributed by atoms with Crippen LogP contribution in [0.3, 0.4) is 0 Å². The number of hydrogen-bond donors (Lipinski definition) is 0. The number of ether oxygens (including phenoxy) is 3. The van der Waals surface area contributed by atoms with Crippen molar-refractivity contribution in [2.75, 3.05) is 20.3 Å². The van der Waals surface area contributed by atoms with E-state index in [4.69, 9.17) is 14.2 Å². The van der Waals surface area contributed by atoms with Crippen LogP contribution in [-0.2, 0) is 16.6 Å². The van der Waals surface area contributed by atoms with E-state index in [0.29, 0.717) is 11.5 Å². The zero-order valence-electron chi connectivity index (χ0n) is 17.0. The van der Waals surface area contributed by atoms with Crippen molar-refractivity contribution in [3.8, 4) is 17.2 Å². The van der Waals surface area contributed by atoms with Gasteiger partial charge in [-0.2, -0.15) is 0 Å². The highest BCUT2D eigenvalue weighted by Gasteiger charge is 2.47. The van der Waals surface area contributed by atoms with Crippen molar-refractivity contribution in [3.05, 3.63) is 53.6 Å². The lowest BCUT2D eigenvalue weighted by atomic mass is 9.62. The molecule has 2 aliphatic heterocycles. The van der Waals surface area contributed by atoms with Gasteiger partial charge in [0.05, 0.1) is 7.11 Å². The molecule has 5 rings (SSSR count). The van der Waals surface area contributed by atoms with Crippen molar-refractivity contribution < 1.29 is 19.0 Å². The average Bonchev–Trinajstić information content (AvgIpc) is 2.78. The summed E-state index contributed by atoms with van der Waals surface area (Å²) in [6.45, 7) is 3.29. The van der Waals surface area contributed by atoms with E-state index in [-0.39, 0.29) is 24.0 Å². The summed E-state index contributed by atoms with van der Waals surface area (Å²) in [5.74, 6) is 2.32. The fourth-order valence-corrected chi connectivity index (χ4v) is 5.34. The quantitative estimate of drug-likeness (QED) is 0.797. The first kappa shape index (κ1) is 18.3. The summed E-state index contributed by atoms with van der Waals surface area (Å²) in [5.41, 5.74) is 2.88. The minimum atomic E-state index is -0.573. The number of likely N-dealkylation sites (tertiary alicyclic amines) is 1. The number of carbonyl (C=O) groups excluding carboxylic acids is 1. The lowest BCUT2D eigenvalue weighted by molar-refractivity contribution is -0.146. The van der Waals surface area contributed by atoms with Gasteiger partial charge in [0.1, 0.15) is 12.4 Å². The van der Waals surface area contributed by atoms with Crippen LogP contribution in [0.1, 0.15) is 37.3 Å². The predicted octanol–water partition coefficient (Wildman–Crippen LogP) is 3.73. The van der Waals surface area contributed by atoms with Crippen LogP contribution < -0.4 is 14.2 Å². The van der Waals surface area contributed by atoms with Crippen molar-refractivity contribution in [1.29, 1.82) is 0 Å². The topological polar surface area (TPSA) is 48.0 Å². The molecule has 0 spiro atoms. The summed E-state index contributed by atoms with van der Waals surface area (Å²) < 4.78 is 17.3. The molecule has 2 heterocycles. The molecule has 2 bridgehead atoms. The predicted molar refractivity (Wildman–Crippen MR) is 110 cm³/mol. The molecule has 1 unspecified atom stereocenters. The maximum absolute atomic E-state index is 13.4. The first-order valence-electron chi connectivity index (χ1n) is 10.5. The van der Waals surface area contributed by atoms with Crippen molar-refractivity contribution in [2.45, 2.75) is 50.2 Å². The number of carbonyl (C=O) groups is 1. The van der Waals surface area contributed by atoms with Crippen LogP contribution in [0.2, 0.25) is 0 Å². The third kappa shape index (κ3) is 2.95. The number of hydrogen-bond acceptors (Lipinski definition) is 4. The van der Waals surface area contributed by atoms with Crippen LogP contribution in [0.25, 0.3) is 0 Å². The van der Waals surface area contributed by atoms with Crippen LogP contribution in [-0.4, -0.2) is 43.2 Å². The van der Waals surface area contributed by atoms with Crippen LogP contribution >= 0.6 is 0 Å². The Bertz CT molecular complexity index is 942. The minimum absolute atomic E-state index is 0.0474. The van der Waals surface area contributed by atoms with E-state index in [2.05, 4.69) is 19.1 Å². The molecule has 152 valence electrons. The van der Waals surface area contributed by atoms with Gasteiger partial charge < -0.3 is 19.1 Å². The van der Waals surface area contributed by atoms with E-state index >= 15 is 0 Å². The van der Waals surface area contributed by atoms with Gasteiger partial charge in [0.25, 0.3) is 5.91 Å². The van der Waals surface area contributed by atoms with Gasteiger partial charge in [-0.25, -0.2) is 0 Å². The molecular formula is C24H27NO4. The lowest BCUT2D eigenvalue weighted by Crippen LogP contribution is -2.58. The van der Waals surface area contributed by atoms with Gasteiger partial charge in [0.2, 0.25) is 6.10 Å². The number of para-hydroxylation sites is 2. The third-order valence-electron chi connectivity index (χ3n) is 6.99. The second-order valence-corrected chi connectivity index (χ2v) is 8.36. The molecule has 1 fully saturated rings. The van der Waals surface area contributed by atoms with E-state index < -0.39 is 6.10 Å². The third-order valence-corrected chi connectivity index (χ3v) is 6.99. The van der Waals surface area contributed by atoms with Gasteiger partial charge in [-0.1, -0.05) is 25.1 Å². The van der Waals surface area contributed by atoms with Crippen molar-refractivity contribution in [3.63, 3.8) is 0 Å². The van der Waals surface area contributed by atoms with Gasteiger partial charge in [-0.05, 0) is 66.5 Å². The zero-order chi connectivity index (χ0) is 20.0. The van der Waals surface area contributed by atoms with Crippen LogP contribution in [0, 0.1) is 0 Å². The normalized spacial score (nSPS) is 27.2. The first-order valence-corrected chi connectivity index (χ1v) is 10.5. The zero-order valence-corrected chi connectivity index (χ0v) is 17.0. The van der Waals surface area contributed by atoms with E-state index in [1.807, 2.05) is 35.2 Å². The lowest BCUT2D eigenvalue weighted by Gasteiger charge is -2.51. The monoisotopic (exact) mass is 393 g/mol. The van der Waals surface area contributed by atoms with Crippen molar-refractivity contribution >= 4 is 5.91 Å². The Balaban J connectivity index is 1.40. The number of fused-ring (bicyclic) bond motifs is 5. The Morgan fingerprint density at radius 1 is 1.24 bits per heavy atom. The highest BCUT2D eigenvalue weighted by atomic mass is 16.6. The maximum atomic E-state index is 13.4. The standard InChI is InChI=1S/C24H27NO4/c1-3-24-10-11-25(17(14-24)12-16-8-9-18(27-2)13-19(16)24)23(26)22-15-28-20-6-4-5-7-21(20)29-22/h4-9,13,17,22H,3,10-12,14-15H2,1-2H3/t17-,22?,24-/m1/s1. The van der Waals surface area contributed by atoms with E-state index in [0.717, 1.165) is 38.0 Å². The Labute approximate surface area is 171 Å². The number of nitrogens with zero attached hydrogens (tertiary/aromatic N) is 1. The molecule has 2 aromatic carbocycles. The molecule has 1 aliphatic carbocycles. The largest absolute Gasteiger partial charge is 0.497 e. The molecule has 0 saturated carbocycles. The molecule has 0 radical (unpaired) electrons. The van der Waals surface area contributed by atoms with Crippen molar-refractivity contribution in [1.82, 2.24) is 4.90 Å². The SMILES string of the molecule is CC[C@]12CCN(C(=O)C3COc4ccccc4O3)[C@H](Cc3ccc(OC)cc31)C2. The Kier molecular flexibility index (Phi) is 4.41. The van der Waals surface area contributed by atoms with Gasteiger partial charge in [0, 0.05) is 12.6 Å². The molecule has 5 nitrogen and oxygen atoms in total. The fourth-order valence-electron chi connectivity index (χ4n) is 5.34. The van der Waals surface area contributed by atoms with E-state index in [1.54, 1.807) is 7.11 Å². The van der Waals surface area contributed by atoms with Crippen LogP contribution in [0.4, 0.5) is 0 Å². The van der Waals surface area contributed by atoms with Gasteiger partial charge in [-0.15, -0.1) is 0 Å². The molecule has 3 atom stereocenters. The summed E-state index contributed by atoms with van der Waals surface area (Å²) in [4.78, 5) is 15.4. The highest BCUT2D eigenvalue weighted by Crippen LogP contribution is 2.48. The Morgan fingerprint density at radius 2 is 2.07 bits per heavy atom. The fraction of sp³-hybridized carbons (Fsp3) is 0.458. The molecule has 2 aromatic rings. The second kappa shape index (κ2) is 6.97. The average molecular weight is 393 g/mol. The van der Waals surface area contributed by atoms with E-state index in [1.165, 1.54) is 11.1 Å². The maximum Gasteiger partial charge on any atom is 0.267 e. The molecule has 29 heavy (non-hydrogen) atoms. The minimum Gasteiger partial charge on any atom is -0.497 e. The summed E-state index contributed by atoms with van der Waals surface area (Å²) >= 11 is 0. The van der Waals surface area contributed by atoms with Gasteiger partial charge >= 0.3 is 0 Å². The summed E-state index contributed by atoms with van der Waals surface area (Å²) in [6.07, 6.45) is 3.35. The molecule has 0 aromatic heterocycles. The molecular weight excluding hydrogens is 366 g/mol. The Morgan fingerprint density at radius 3 is 2.86 bits per heavy atom. The smallest absolute Gasteiger partial charge is 0.267 e. The molecule has 1 amide bonds. The molecule has 3 aliphatic rings. The number of benzene rings is 2. The molecule has 5 heteroatoms. The van der Waals surface area contributed by atoms with Crippen LogP contribution in [0.5, 0.6) is 17.2 Å².